The highest BCUT2D eigenvalue weighted by atomic mass is 19.1. The van der Waals surface area contributed by atoms with Crippen molar-refractivity contribution in [2.45, 2.75) is 6.92 Å². The maximum atomic E-state index is 13.1. The van der Waals surface area contributed by atoms with Gasteiger partial charge in [0.1, 0.15) is 17.2 Å². The molecular weight excluding hydrogens is 221 g/mol. The number of rotatable bonds is 3. The molecule has 5 heteroatoms. The Morgan fingerprint density at radius 1 is 1.65 bits per heavy atom. The third kappa shape index (κ3) is 2.04. The van der Waals surface area contributed by atoms with Gasteiger partial charge in [0, 0.05) is 12.7 Å². The minimum Gasteiger partial charge on any atom is -0.347 e. The molecule has 88 valence electrons. The van der Waals surface area contributed by atoms with Crippen molar-refractivity contribution in [1.82, 2.24) is 14.7 Å². The van der Waals surface area contributed by atoms with Crippen LogP contribution in [0.25, 0.3) is 5.65 Å². The van der Waals surface area contributed by atoms with Crippen LogP contribution in [0.3, 0.4) is 0 Å². The first-order valence-corrected chi connectivity index (χ1v) is 5.17. The zero-order chi connectivity index (χ0) is 12.4. The monoisotopic (exact) mass is 233 g/mol. The molecule has 0 aromatic carbocycles. The number of amides is 1. The van der Waals surface area contributed by atoms with Crippen LogP contribution in [-0.4, -0.2) is 21.8 Å². The second-order valence-corrected chi connectivity index (χ2v) is 3.62. The number of nitrogens with zero attached hydrogens (tertiary/aromatic N) is 2. The standard InChI is InChI=1S/C12H12FN3O/c1-3-6-14-12(17)11-8(2)15-10-5-4-9(13)7-16(10)11/h3-5,7H,1,6H2,2H3,(H,14,17). The molecule has 4 nitrogen and oxygen atoms in total. The van der Waals surface area contributed by atoms with Gasteiger partial charge >= 0.3 is 0 Å². The SMILES string of the molecule is C=CCNC(=O)c1c(C)nc2ccc(F)cn12. The summed E-state index contributed by atoms with van der Waals surface area (Å²) in [5.74, 6) is -0.701. The first-order valence-electron chi connectivity index (χ1n) is 5.17. The van der Waals surface area contributed by atoms with E-state index in [0.717, 1.165) is 0 Å². The van der Waals surface area contributed by atoms with Crippen molar-refractivity contribution in [2.24, 2.45) is 0 Å². The number of halogens is 1. The summed E-state index contributed by atoms with van der Waals surface area (Å²) >= 11 is 0. The van der Waals surface area contributed by atoms with E-state index in [1.165, 1.54) is 22.7 Å². The molecule has 0 bridgehead atoms. The quantitative estimate of drug-likeness (QED) is 0.820. The number of aryl methyl sites for hydroxylation is 1. The molecule has 2 heterocycles. The van der Waals surface area contributed by atoms with Crippen LogP contribution in [0.15, 0.2) is 31.0 Å². The highest BCUT2D eigenvalue weighted by Crippen LogP contribution is 2.12. The number of pyridine rings is 1. The number of imidazole rings is 1. The number of hydrogen-bond donors (Lipinski definition) is 1. The van der Waals surface area contributed by atoms with Gasteiger partial charge in [-0.15, -0.1) is 6.58 Å². The molecule has 2 aromatic rings. The Morgan fingerprint density at radius 2 is 2.41 bits per heavy atom. The van der Waals surface area contributed by atoms with Crippen LogP contribution in [0.2, 0.25) is 0 Å². The molecule has 1 N–H and O–H groups in total. The van der Waals surface area contributed by atoms with Crippen LogP contribution in [-0.2, 0) is 0 Å². The lowest BCUT2D eigenvalue weighted by Gasteiger charge is -2.03. The third-order valence-corrected chi connectivity index (χ3v) is 2.38. The molecule has 0 spiro atoms. The normalized spacial score (nSPS) is 10.5. The summed E-state index contributed by atoms with van der Waals surface area (Å²) in [7, 11) is 0. The lowest BCUT2D eigenvalue weighted by atomic mass is 10.3. The van der Waals surface area contributed by atoms with Crippen LogP contribution >= 0.6 is 0 Å². The molecule has 0 aliphatic carbocycles. The van der Waals surface area contributed by atoms with Crippen molar-refractivity contribution in [2.75, 3.05) is 6.54 Å². The highest BCUT2D eigenvalue weighted by molar-refractivity contribution is 5.94. The molecule has 2 aromatic heterocycles. The Labute approximate surface area is 97.8 Å². The fraction of sp³-hybridized carbons (Fsp3) is 0.167. The average molecular weight is 233 g/mol. The summed E-state index contributed by atoms with van der Waals surface area (Å²) < 4.78 is 14.6. The summed E-state index contributed by atoms with van der Waals surface area (Å²) in [4.78, 5) is 16.1. The molecule has 2 rings (SSSR count). The topological polar surface area (TPSA) is 46.4 Å². The number of fused-ring (bicyclic) bond motifs is 1. The number of nitrogens with one attached hydrogen (secondary N) is 1. The zero-order valence-corrected chi connectivity index (χ0v) is 9.40. The fourth-order valence-electron chi connectivity index (χ4n) is 1.66. The summed E-state index contributed by atoms with van der Waals surface area (Å²) in [5.41, 5.74) is 1.46. The molecule has 0 radical (unpaired) electrons. The summed E-state index contributed by atoms with van der Waals surface area (Å²) in [6.45, 7) is 5.59. The lowest BCUT2D eigenvalue weighted by Crippen LogP contribution is -2.25. The van der Waals surface area contributed by atoms with Crippen LogP contribution < -0.4 is 5.32 Å². The van der Waals surface area contributed by atoms with E-state index in [1.807, 2.05) is 0 Å². The smallest absolute Gasteiger partial charge is 0.270 e. The van der Waals surface area contributed by atoms with Crippen LogP contribution in [0.1, 0.15) is 16.2 Å². The van der Waals surface area contributed by atoms with Gasteiger partial charge in [0.25, 0.3) is 5.91 Å². The second kappa shape index (κ2) is 4.37. The van der Waals surface area contributed by atoms with Gasteiger partial charge in [0.15, 0.2) is 0 Å². The van der Waals surface area contributed by atoms with E-state index in [-0.39, 0.29) is 5.91 Å². The molecule has 0 unspecified atom stereocenters. The molecule has 17 heavy (non-hydrogen) atoms. The first-order chi connectivity index (χ1) is 8.13. The molecule has 1 amide bonds. The Morgan fingerprint density at radius 3 is 3.12 bits per heavy atom. The highest BCUT2D eigenvalue weighted by Gasteiger charge is 2.15. The Bertz CT molecular complexity index is 589. The van der Waals surface area contributed by atoms with Gasteiger partial charge in [-0.1, -0.05) is 6.08 Å². The van der Waals surface area contributed by atoms with Crippen molar-refractivity contribution in [3.05, 3.63) is 48.2 Å². The van der Waals surface area contributed by atoms with E-state index in [0.29, 0.717) is 23.6 Å². The van der Waals surface area contributed by atoms with Gasteiger partial charge in [-0.3, -0.25) is 9.20 Å². The lowest BCUT2D eigenvalue weighted by molar-refractivity contribution is 0.0951. The second-order valence-electron chi connectivity index (χ2n) is 3.62. The van der Waals surface area contributed by atoms with E-state index in [4.69, 9.17) is 0 Å². The molecule has 0 saturated heterocycles. The van der Waals surface area contributed by atoms with Crippen LogP contribution in [0.4, 0.5) is 4.39 Å². The third-order valence-electron chi connectivity index (χ3n) is 2.38. The number of carbonyl (C=O) groups excluding carboxylic acids is 1. The predicted octanol–water partition coefficient (Wildman–Crippen LogP) is 1.70. The zero-order valence-electron chi connectivity index (χ0n) is 9.40. The summed E-state index contributed by atoms with van der Waals surface area (Å²) in [6, 6.07) is 2.85. The van der Waals surface area contributed by atoms with Crippen molar-refractivity contribution in [3.8, 4) is 0 Å². The number of hydrogen-bond acceptors (Lipinski definition) is 2. The van der Waals surface area contributed by atoms with Gasteiger partial charge in [-0.2, -0.15) is 0 Å². The number of carbonyl (C=O) groups is 1. The van der Waals surface area contributed by atoms with E-state index in [9.17, 15) is 9.18 Å². The van der Waals surface area contributed by atoms with Gasteiger partial charge in [-0.25, -0.2) is 9.37 Å². The number of aromatic nitrogens is 2. The summed E-state index contributed by atoms with van der Waals surface area (Å²) in [5, 5.41) is 2.65. The summed E-state index contributed by atoms with van der Waals surface area (Å²) in [6.07, 6.45) is 2.83. The predicted molar refractivity (Wildman–Crippen MR) is 62.4 cm³/mol. The molecule has 0 atom stereocenters. The molecule has 0 saturated carbocycles. The van der Waals surface area contributed by atoms with Gasteiger partial charge < -0.3 is 5.32 Å². The molecule has 0 fully saturated rings. The molecule has 0 aliphatic heterocycles. The Balaban J connectivity index is 2.51. The maximum Gasteiger partial charge on any atom is 0.270 e. The van der Waals surface area contributed by atoms with E-state index in [1.54, 1.807) is 13.0 Å². The van der Waals surface area contributed by atoms with Gasteiger partial charge in [0.2, 0.25) is 0 Å². The molecule has 0 aliphatic rings. The van der Waals surface area contributed by atoms with Crippen molar-refractivity contribution in [1.29, 1.82) is 0 Å². The van der Waals surface area contributed by atoms with Gasteiger partial charge in [0.05, 0.1) is 5.69 Å². The van der Waals surface area contributed by atoms with Gasteiger partial charge in [-0.05, 0) is 19.1 Å². The van der Waals surface area contributed by atoms with Crippen molar-refractivity contribution >= 4 is 11.6 Å². The fourth-order valence-corrected chi connectivity index (χ4v) is 1.66. The Kier molecular flexibility index (Phi) is 2.91. The minimum atomic E-state index is -0.410. The largest absolute Gasteiger partial charge is 0.347 e. The van der Waals surface area contributed by atoms with E-state index >= 15 is 0 Å². The minimum absolute atomic E-state index is 0.291. The maximum absolute atomic E-state index is 13.1. The molecular formula is C12H12FN3O. The average Bonchev–Trinajstić information content (AvgIpc) is 2.61. The van der Waals surface area contributed by atoms with Crippen molar-refractivity contribution < 1.29 is 9.18 Å². The van der Waals surface area contributed by atoms with E-state index in [2.05, 4.69) is 16.9 Å². The van der Waals surface area contributed by atoms with E-state index < -0.39 is 5.82 Å². The Hall–Kier alpha value is -2.17. The van der Waals surface area contributed by atoms with Crippen LogP contribution in [0.5, 0.6) is 0 Å². The van der Waals surface area contributed by atoms with Crippen LogP contribution in [0, 0.1) is 12.7 Å². The first kappa shape index (κ1) is 11.3. The van der Waals surface area contributed by atoms with Crippen molar-refractivity contribution in [3.63, 3.8) is 0 Å².